The molecule has 3 nitrogen and oxygen atoms in total. The average molecular weight is 280 g/mol. The molecule has 8 heteroatoms. The second kappa shape index (κ2) is 4.24. The molecule has 0 unspecified atom stereocenters. The molecule has 0 N–H and O–H groups in total. The molecule has 0 saturated heterocycles. The van der Waals surface area contributed by atoms with Crippen LogP contribution < -0.4 is 0 Å². The molecule has 0 saturated carbocycles. The summed E-state index contributed by atoms with van der Waals surface area (Å²) in [5.74, 6) is -1.00. The quantitative estimate of drug-likeness (QED) is 0.749. The van der Waals surface area contributed by atoms with Crippen LogP contribution in [0.5, 0.6) is 0 Å². The molecule has 0 aliphatic carbocycles. The molecule has 0 fully saturated rings. The van der Waals surface area contributed by atoms with Crippen LogP contribution in [0.3, 0.4) is 0 Å². The highest BCUT2D eigenvalue weighted by Crippen LogP contribution is 2.34. The summed E-state index contributed by atoms with van der Waals surface area (Å²) in [4.78, 5) is 3.53. The summed E-state index contributed by atoms with van der Waals surface area (Å²) >= 11 is 5.66. The van der Waals surface area contributed by atoms with Crippen molar-refractivity contribution in [1.82, 2.24) is 14.8 Å². The van der Waals surface area contributed by atoms with Crippen molar-refractivity contribution in [3.8, 4) is 5.82 Å². The minimum absolute atomic E-state index is 0.0651. The maximum atomic E-state index is 12.8. The molecule has 0 aliphatic rings. The van der Waals surface area contributed by atoms with Crippen LogP contribution in [-0.2, 0) is 6.18 Å². The van der Waals surface area contributed by atoms with Crippen LogP contribution >= 0.6 is 11.6 Å². The number of alkyl halides is 3. The number of hydrogen-bond donors (Lipinski definition) is 0. The van der Waals surface area contributed by atoms with Crippen molar-refractivity contribution in [2.45, 2.75) is 13.1 Å². The lowest BCUT2D eigenvalue weighted by Gasteiger charge is -2.11. The van der Waals surface area contributed by atoms with Crippen molar-refractivity contribution >= 4 is 11.6 Å². The van der Waals surface area contributed by atoms with Gasteiger partial charge in [0.25, 0.3) is 0 Å². The van der Waals surface area contributed by atoms with E-state index in [1.54, 1.807) is 0 Å². The Kier molecular flexibility index (Phi) is 3.02. The molecule has 2 rings (SSSR count). The summed E-state index contributed by atoms with van der Waals surface area (Å²) in [5.41, 5.74) is -1.05. The van der Waals surface area contributed by atoms with E-state index in [0.717, 1.165) is 18.5 Å². The second-order valence-corrected chi connectivity index (χ2v) is 3.95. The molecule has 96 valence electrons. The lowest BCUT2D eigenvalue weighted by Crippen LogP contribution is -2.15. The lowest BCUT2D eigenvalue weighted by molar-refractivity contribution is -0.143. The lowest BCUT2D eigenvalue weighted by atomic mass is 10.2. The fourth-order valence-corrected chi connectivity index (χ4v) is 1.73. The number of aromatic nitrogens is 3. The third kappa shape index (κ3) is 2.17. The molecule has 2 heterocycles. The van der Waals surface area contributed by atoms with Crippen molar-refractivity contribution in [2.24, 2.45) is 0 Å². The highest BCUT2D eigenvalue weighted by molar-refractivity contribution is 6.32. The molecular formula is C10H6ClF4N3. The van der Waals surface area contributed by atoms with Gasteiger partial charge in [-0.2, -0.15) is 18.3 Å². The molecule has 0 aromatic carbocycles. The van der Waals surface area contributed by atoms with Gasteiger partial charge in [0.05, 0.1) is 17.4 Å². The normalized spacial score (nSPS) is 11.9. The Hall–Kier alpha value is -1.63. The van der Waals surface area contributed by atoms with E-state index < -0.39 is 17.7 Å². The zero-order chi connectivity index (χ0) is 13.5. The molecule has 0 radical (unpaired) electrons. The minimum atomic E-state index is -4.60. The predicted molar refractivity (Wildman–Crippen MR) is 56.1 cm³/mol. The Morgan fingerprint density at radius 3 is 2.50 bits per heavy atom. The largest absolute Gasteiger partial charge is 0.433 e. The molecule has 0 atom stereocenters. The summed E-state index contributed by atoms with van der Waals surface area (Å²) in [6.45, 7) is 1.27. The van der Waals surface area contributed by atoms with Gasteiger partial charge in [0, 0.05) is 0 Å². The first-order valence-electron chi connectivity index (χ1n) is 4.74. The first-order valence-corrected chi connectivity index (χ1v) is 5.11. The van der Waals surface area contributed by atoms with Gasteiger partial charge in [0.15, 0.2) is 11.5 Å². The number of aryl methyl sites for hydroxylation is 1. The molecule has 2 aromatic heterocycles. The molecule has 0 spiro atoms. The molecule has 0 bridgehead atoms. The maximum absolute atomic E-state index is 12.8. The van der Waals surface area contributed by atoms with Crippen molar-refractivity contribution in [2.75, 3.05) is 0 Å². The minimum Gasteiger partial charge on any atom is -0.233 e. The van der Waals surface area contributed by atoms with Gasteiger partial charge >= 0.3 is 6.18 Å². The van der Waals surface area contributed by atoms with Gasteiger partial charge < -0.3 is 0 Å². The highest BCUT2D eigenvalue weighted by Gasteiger charge is 2.38. The van der Waals surface area contributed by atoms with E-state index in [4.69, 9.17) is 11.6 Å². The third-order valence-electron chi connectivity index (χ3n) is 2.21. The van der Waals surface area contributed by atoms with Crippen molar-refractivity contribution < 1.29 is 17.6 Å². The van der Waals surface area contributed by atoms with Crippen LogP contribution in [0.1, 0.15) is 11.3 Å². The Morgan fingerprint density at radius 1 is 1.28 bits per heavy atom. The standard InChI is InChI=1S/C10H6ClF4N3/c1-5-3-17-18(8(5)10(13,14)15)9-7(11)2-6(12)4-16-9/h2-4H,1H3. The molecule has 2 aromatic rings. The van der Waals surface area contributed by atoms with E-state index in [0.29, 0.717) is 4.68 Å². The van der Waals surface area contributed by atoms with E-state index in [1.165, 1.54) is 6.92 Å². The summed E-state index contributed by atoms with van der Waals surface area (Å²) in [7, 11) is 0. The maximum Gasteiger partial charge on any atom is 0.433 e. The Labute approximate surface area is 104 Å². The van der Waals surface area contributed by atoms with E-state index >= 15 is 0 Å². The fourth-order valence-electron chi connectivity index (χ4n) is 1.50. The second-order valence-electron chi connectivity index (χ2n) is 3.54. The summed E-state index contributed by atoms with van der Waals surface area (Å²) in [5, 5.41) is 3.32. The fraction of sp³-hybridized carbons (Fsp3) is 0.200. The van der Waals surface area contributed by atoms with Gasteiger partial charge in [0.1, 0.15) is 5.82 Å². The van der Waals surface area contributed by atoms with Gasteiger partial charge in [-0.15, -0.1) is 0 Å². The van der Waals surface area contributed by atoms with E-state index in [-0.39, 0.29) is 16.4 Å². The van der Waals surface area contributed by atoms with Gasteiger partial charge in [0.2, 0.25) is 0 Å². The summed E-state index contributed by atoms with van der Waals surface area (Å²) < 4.78 is 51.9. The number of pyridine rings is 1. The Bertz CT molecular complexity index is 591. The predicted octanol–water partition coefficient (Wildman–Crippen LogP) is 3.39. The van der Waals surface area contributed by atoms with Crippen LogP contribution in [0.4, 0.5) is 17.6 Å². The van der Waals surface area contributed by atoms with Gasteiger partial charge in [-0.25, -0.2) is 14.1 Å². The third-order valence-corrected chi connectivity index (χ3v) is 2.49. The molecule has 0 aliphatic heterocycles. The van der Waals surface area contributed by atoms with E-state index in [9.17, 15) is 17.6 Å². The van der Waals surface area contributed by atoms with Crippen LogP contribution in [0.2, 0.25) is 5.02 Å². The van der Waals surface area contributed by atoms with Gasteiger partial charge in [-0.3, -0.25) is 0 Å². The monoisotopic (exact) mass is 279 g/mol. The summed E-state index contributed by atoms with van der Waals surface area (Å²) in [6.07, 6.45) is -2.78. The Morgan fingerprint density at radius 2 is 1.94 bits per heavy atom. The van der Waals surface area contributed by atoms with Crippen LogP contribution in [0, 0.1) is 12.7 Å². The van der Waals surface area contributed by atoms with E-state index in [2.05, 4.69) is 10.1 Å². The zero-order valence-corrected chi connectivity index (χ0v) is 9.72. The molecule has 18 heavy (non-hydrogen) atoms. The number of rotatable bonds is 1. The van der Waals surface area contributed by atoms with Crippen LogP contribution in [0.15, 0.2) is 18.5 Å². The topological polar surface area (TPSA) is 30.7 Å². The van der Waals surface area contributed by atoms with E-state index in [1.807, 2.05) is 0 Å². The Balaban J connectivity index is 2.65. The zero-order valence-electron chi connectivity index (χ0n) is 8.96. The van der Waals surface area contributed by atoms with Gasteiger partial charge in [-0.05, 0) is 18.6 Å². The average Bonchev–Trinajstić information content (AvgIpc) is 2.59. The first kappa shape index (κ1) is 12.8. The SMILES string of the molecule is Cc1cnn(-c2ncc(F)cc2Cl)c1C(F)(F)F. The van der Waals surface area contributed by atoms with Crippen molar-refractivity contribution in [3.05, 3.63) is 40.6 Å². The smallest absolute Gasteiger partial charge is 0.233 e. The summed E-state index contributed by atoms with van der Waals surface area (Å²) in [6, 6.07) is 0.876. The van der Waals surface area contributed by atoms with Gasteiger partial charge in [-0.1, -0.05) is 11.6 Å². The van der Waals surface area contributed by atoms with Crippen molar-refractivity contribution in [3.63, 3.8) is 0 Å². The molecule has 0 amide bonds. The first-order chi connectivity index (χ1) is 8.30. The highest BCUT2D eigenvalue weighted by atomic mass is 35.5. The number of hydrogen-bond acceptors (Lipinski definition) is 2. The van der Waals surface area contributed by atoms with Crippen LogP contribution in [0.25, 0.3) is 5.82 Å². The number of halogens is 5. The van der Waals surface area contributed by atoms with Crippen LogP contribution in [-0.4, -0.2) is 14.8 Å². The molecular weight excluding hydrogens is 274 g/mol. The van der Waals surface area contributed by atoms with Crippen molar-refractivity contribution in [1.29, 1.82) is 0 Å². The number of nitrogens with zero attached hydrogens (tertiary/aromatic N) is 3.